The van der Waals surface area contributed by atoms with E-state index in [9.17, 15) is 18.0 Å². The van der Waals surface area contributed by atoms with Crippen LogP contribution in [0.5, 0.6) is 0 Å². The number of thiazole rings is 1. The highest BCUT2D eigenvalue weighted by Gasteiger charge is 2.35. The van der Waals surface area contributed by atoms with Gasteiger partial charge >= 0.3 is 12.1 Å². The molecule has 0 spiro atoms. The number of alkyl halides is 3. The molecule has 2 rings (SSSR count). The van der Waals surface area contributed by atoms with E-state index in [0.717, 1.165) is 0 Å². The van der Waals surface area contributed by atoms with Crippen LogP contribution in [0.3, 0.4) is 0 Å². The van der Waals surface area contributed by atoms with E-state index in [-0.39, 0.29) is 20.3 Å². The molecule has 0 atom stereocenters. The minimum Gasteiger partial charge on any atom is -0.478 e. The van der Waals surface area contributed by atoms with Crippen LogP contribution < -0.4 is 0 Å². The third kappa shape index (κ3) is 2.27. The normalized spacial score (nSPS) is 12.0. The molecule has 2 aromatic rings. The maximum absolute atomic E-state index is 12.4. The highest BCUT2D eigenvalue weighted by molar-refractivity contribution is 9.10. The lowest BCUT2D eigenvalue weighted by Crippen LogP contribution is -2.03. The van der Waals surface area contributed by atoms with Gasteiger partial charge in [-0.1, -0.05) is 0 Å². The quantitative estimate of drug-likeness (QED) is 0.868. The first-order valence-corrected chi connectivity index (χ1v) is 5.80. The summed E-state index contributed by atoms with van der Waals surface area (Å²) in [6, 6.07) is 2.40. The summed E-state index contributed by atoms with van der Waals surface area (Å²) in [4.78, 5) is 14.2. The number of carboxylic acids is 1. The van der Waals surface area contributed by atoms with Crippen molar-refractivity contribution in [3.8, 4) is 0 Å². The summed E-state index contributed by atoms with van der Waals surface area (Å²) in [6.07, 6.45) is -4.52. The molecule has 1 heterocycles. The largest absolute Gasteiger partial charge is 0.478 e. The van der Waals surface area contributed by atoms with Gasteiger partial charge in [-0.15, -0.1) is 11.3 Å². The Hall–Kier alpha value is -1.15. The molecule has 0 aliphatic heterocycles. The molecule has 0 unspecified atom stereocenters. The number of carbonyl (C=O) groups is 1. The van der Waals surface area contributed by atoms with Crippen molar-refractivity contribution in [3.63, 3.8) is 0 Å². The highest BCUT2D eigenvalue weighted by atomic mass is 79.9. The Morgan fingerprint density at radius 1 is 1.41 bits per heavy atom. The first-order chi connectivity index (χ1) is 7.79. The molecule has 1 aromatic carbocycles. The fraction of sp³-hybridized carbons (Fsp3) is 0.111. The summed E-state index contributed by atoms with van der Waals surface area (Å²) in [7, 11) is 0. The summed E-state index contributed by atoms with van der Waals surface area (Å²) < 4.78 is 37.7. The van der Waals surface area contributed by atoms with Crippen molar-refractivity contribution in [1.29, 1.82) is 0 Å². The molecule has 1 N–H and O–H groups in total. The van der Waals surface area contributed by atoms with E-state index < -0.39 is 17.2 Å². The lowest BCUT2D eigenvalue weighted by Gasteiger charge is -1.98. The molecule has 90 valence electrons. The van der Waals surface area contributed by atoms with Gasteiger partial charge in [0.1, 0.15) is 0 Å². The summed E-state index contributed by atoms with van der Waals surface area (Å²) in [5, 5.41) is 7.79. The van der Waals surface area contributed by atoms with Crippen molar-refractivity contribution >= 4 is 43.5 Å². The van der Waals surface area contributed by atoms with Crippen molar-refractivity contribution in [2.75, 3.05) is 0 Å². The number of nitrogens with zero attached hydrogens (tertiary/aromatic N) is 1. The second-order valence-corrected chi connectivity index (χ2v) is 5.01. The number of fused-ring (bicyclic) bond motifs is 1. The average molecular weight is 326 g/mol. The predicted octanol–water partition coefficient (Wildman–Crippen LogP) is 3.78. The number of aromatic carboxylic acids is 1. The predicted molar refractivity (Wildman–Crippen MR) is 59.3 cm³/mol. The Labute approximate surface area is 105 Å². The van der Waals surface area contributed by atoms with Crippen molar-refractivity contribution in [3.05, 3.63) is 27.2 Å². The van der Waals surface area contributed by atoms with E-state index >= 15 is 0 Å². The smallest absolute Gasteiger partial charge is 0.443 e. The lowest BCUT2D eigenvalue weighted by atomic mass is 10.2. The summed E-state index contributed by atoms with van der Waals surface area (Å²) in [5.41, 5.74) is 0.0362. The van der Waals surface area contributed by atoms with Gasteiger partial charge in [-0.25, -0.2) is 9.78 Å². The number of benzene rings is 1. The number of hydrogen-bond acceptors (Lipinski definition) is 3. The fourth-order valence-corrected chi connectivity index (χ4v) is 2.81. The van der Waals surface area contributed by atoms with Crippen molar-refractivity contribution in [2.45, 2.75) is 6.18 Å². The van der Waals surface area contributed by atoms with E-state index in [1.807, 2.05) is 0 Å². The average Bonchev–Trinajstić information content (AvgIpc) is 2.60. The van der Waals surface area contributed by atoms with Crippen LogP contribution in [0.1, 0.15) is 15.4 Å². The second-order valence-electron chi connectivity index (χ2n) is 3.13. The minimum atomic E-state index is -4.52. The van der Waals surface area contributed by atoms with Gasteiger partial charge in [0.15, 0.2) is 5.01 Å². The van der Waals surface area contributed by atoms with Gasteiger partial charge in [0, 0.05) is 4.47 Å². The maximum Gasteiger partial charge on any atom is 0.443 e. The van der Waals surface area contributed by atoms with Crippen LogP contribution in [0.2, 0.25) is 0 Å². The van der Waals surface area contributed by atoms with E-state index in [1.54, 1.807) is 0 Å². The van der Waals surface area contributed by atoms with E-state index in [4.69, 9.17) is 5.11 Å². The Balaban J connectivity index is 2.69. The van der Waals surface area contributed by atoms with Gasteiger partial charge in [0.25, 0.3) is 0 Å². The molecule has 17 heavy (non-hydrogen) atoms. The van der Waals surface area contributed by atoms with Crippen LogP contribution in [-0.4, -0.2) is 16.1 Å². The first kappa shape index (κ1) is 12.3. The summed E-state index contributed by atoms with van der Waals surface area (Å²) >= 11 is 3.43. The third-order valence-electron chi connectivity index (χ3n) is 1.94. The SMILES string of the molecule is O=C(O)c1cc(Br)c2nc(C(F)(F)F)sc2c1. The molecule has 0 aliphatic carbocycles. The molecular formula is C9H3BrF3NO2S. The van der Waals surface area contributed by atoms with Crippen LogP contribution in [0.4, 0.5) is 13.2 Å². The number of carboxylic acid groups (broad SMARTS) is 1. The van der Waals surface area contributed by atoms with Gasteiger partial charge < -0.3 is 5.11 Å². The zero-order valence-corrected chi connectivity index (χ0v) is 10.3. The molecule has 8 heteroatoms. The van der Waals surface area contributed by atoms with Crippen molar-refractivity contribution < 1.29 is 23.1 Å². The van der Waals surface area contributed by atoms with E-state index in [0.29, 0.717) is 11.3 Å². The Morgan fingerprint density at radius 2 is 2.06 bits per heavy atom. The van der Waals surface area contributed by atoms with Crippen LogP contribution in [0.25, 0.3) is 10.2 Å². The standard InChI is InChI=1S/C9H3BrF3NO2S/c10-4-1-3(7(15)16)2-5-6(4)14-8(17-5)9(11,12)13/h1-2H,(H,15,16). The number of hydrogen-bond donors (Lipinski definition) is 1. The van der Waals surface area contributed by atoms with Crippen LogP contribution in [-0.2, 0) is 6.18 Å². The van der Waals surface area contributed by atoms with Crippen molar-refractivity contribution in [1.82, 2.24) is 4.98 Å². The molecule has 0 amide bonds. The lowest BCUT2D eigenvalue weighted by molar-refractivity contribution is -0.137. The molecule has 0 saturated carbocycles. The molecule has 0 bridgehead atoms. The summed E-state index contributed by atoms with van der Waals surface area (Å²) in [5.74, 6) is -1.20. The summed E-state index contributed by atoms with van der Waals surface area (Å²) in [6.45, 7) is 0. The van der Waals surface area contributed by atoms with E-state index in [2.05, 4.69) is 20.9 Å². The Kier molecular flexibility index (Phi) is 2.86. The molecule has 0 radical (unpaired) electrons. The molecule has 0 saturated heterocycles. The third-order valence-corrected chi connectivity index (χ3v) is 3.59. The molecule has 0 aliphatic rings. The number of rotatable bonds is 1. The van der Waals surface area contributed by atoms with Crippen LogP contribution in [0.15, 0.2) is 16.6 Å². The number of halogens is 4. The second kappa shape index (κ2) is 3.95. The monoisotopic (exact) mass is 325 g/mol. The van der Waals surface area contributed by atoms with Gasteiger partial charge in [0.05, 0.1) is 15.8 Å². The zero-order valence-electron chi connectivity index (χ0n) is 7.88. The maximum atomic E-state index is 12.4. The van der Waals surface area contributed by atoms with Crippen LogP contribution >= 0.6 is 27.3 Å². The minimum absolute atomic E-state index is 0.0817. The Bertz CT molecular complexity index is 608. The molecule has 3 nitrogen and oxygen atoms in total. The first-order valence-electron chi connectivity index (χ1n) is 4.19. The number of aromatic nitrogens is 1. The molecule has 0 fully saturated rings. The van der Waals surface area contributed by atoms with Crippen LogP contribution in [0, 0.1) is 0 Å². The van der Waals surface area contributed by atoms with Gasteiger partial charge in [-0.2, -0.15) is 13.2 Å². The van der Waals surface area contributed by atoms with E-state index in [1.165, 1.54) is 12.1 Å². The van der Waals surface area contributed by atoms with Gasteiger partial charge in [-0.05, 0) is 28.1 Å². The van der Waals surface area contributed by atoms with Gasteiger partial charge in [0.2, 0.25) is 0 Å². The molecular weight excluding hydrogens is 323 g/mol. The topological polar surface area (TPSA) is 50.2 Å². The van der Waals surface area contributed by atoms with Gasteiger partial charge in [-0.3, -0.25) is 0 Å². The Morgan fingerprint density at radius 3 is 2.59 bits per heavy atom. The fourth-order valence-electron chi connectivity index (χ4n) is 1.23. The van der Waals surface area contributed by atoms with Crippen molar-refractivity contribution in [2.24, 2.45) is 0 Å². The highest BCUT2D eigenvalue weighted by Crippen LogP contribution is 2.38. The molecule has 1 aromatic heterocycles. The zero-order chi connectivity index (χ0) is 12.8.